The Labute approximate surface area is 199 Å². The quantitative estimate of drug-likeness (QED) is 0.416. The van der Waals surface area contributed by atoms with Crippen molar-refractivity contribution in [2.45, 2.75) is 38.5 Å². The number of amides is 3. The van der Waals surface area contributed by atoms with Crippen LogP contribution in [0.1, 0.15) is 25.0 Å². The number of carbonyl (C=O) groups excluding carboxylic acids is 2. The van der Waals surface area contributed by atoms with Crippen molar-refractivity contribution < 1.29 is 55.3 Å². The van der Waals surface area contributed by atoms with Gasteiger partial charge in [0.15, 0.2) is 17.1 Å². The van der Waals surface area contributed by atoms with Crippen molar-refractivity contribution in [3.05, 3.63) is 53.6 Å². The third-order valence-corrected chi connectivity index (χ3v) is 5.02. The minimum Gasteiger partial charge on any atom is -0.478 e. The van der Waals surface area contributed by atoms with Gasteiger partial charge in [-0.1, -0.05) is 6.07 Å². The maximum atomic E-state index is 12.9. The lowest BCUT2D eigenvalue weighted by Crippen LogP contribution is -2.38. The Bertz CT molecular complexity index is 1180. The van der Waals surface area contributed by atoms with Crippen LogP contribution in [0.5, 0.6) is 11.5 Å². The fourth-order valence-corrected chi connectivity index (χ4v) is 3.17. The number of anilines is 1. The molecule has 36 heavy (non-hydrogen) atoms. The summed E-state index contributed by atoms with van der Waals surface area (Å²) in [5.41, 5.74) is -2.84. The summed E-state index contributed by atoms with van der Waals surface area (Å²) in [5.74, 6) is -3.64. The highest BCUT2D eigenvalue weighted by Gasteiger charge is 2.39. The molecule has 1 N–H and O–H groups in total. The summed E-state index contributed by atoms with van der Waals surface area (Å²) in [4.78, 5) is 38.1. The molecule has 194 valence electrons. The second kappa shape index (κ2) is 9.24. The number of carbonyl (C=O) groups is 3. The largest absolute Gasteiger partial charge is 0.573 e. The fourth-order valence-electron chi connectivity index (χ4n) is 3.17. The minimum atomic E-state index is -5.16. The Morgan fingerprint density at radius 2 is 1.56 bits per heavy atom. The average molecular weight is 520 g/mol. The first-order chi connectivity index (χ1) is 16.5. The third-order valence-electron chi connectivity index (χ3n) is 5.02. The molecular formula is C22H18F6N2O6. The molecule has 0 spiro atoms. The van der Waals surface area contributed by atoms with Crippen LogP contribution in [0.15, 0.2) is 42.5 Å². The zero-order valence-corrected chi connectivity index (χ0v) is 18.6. The van der Waals surface area contributed by atoms with Crippen LogP contribution in [0.2, 0.25) is 0 Å². The van der Waals surface area contributed by atoms with Gasteiger partial charge in [0.2, 0.25) is 0 Å². The topological polar surface area (TPSA) is 96.4 Å². The number of hydrogen-bond donors (Lipinski definition) is 1. The van der Waals surface area contributed by atoms with Crippen molar-refractivity contribution in [3.8, 4) is 11.5 Å². The Morgan fingerprint density at radius 1 is 0.944 bits per heavy atom. The molecule has 0 atom stereocenters. The first kappa shape index (κ1) is 26.6. The summed E-state index contributed by atoms with van der Waals surface area (Å²) in [7, 11) is 0. The molecule has 0 radical (unpaired) electrons. The molecule has 2 aromatic carbocycles. The van der Waals surface area contributed by atoms with Crippen LogP contribution in [0, 0.1) is 0 Å². The lowest BCUT2D eigenvalue weighted by molar-refractivity contribution is -0.275. The lowest BCUT2D eigenvalue weighted by atomic mass is 10.1. The number of alkyl halides is 6. The number of urea groups is 1. The van der Waals surface area contributed by atoms with Crippen LogP contribution in [-0.2, 0) is 22.3 Å². The maximum Gasteiger partial charge on any atom is 0.573 e. The highest BCUT2D eigenvalue weighted by molar-refractivity contribution is 6.12. The molecule has 3 amide bonds. The number of nitrogens with zero attached hydrogens (tertiary/aromatic N) is 2. The zero-order valence-electron chi connectivity index (χ0n) is 18.6. The van der Waals surface area contributed by atoms with Gasteiger partial charge in [0.25, 0.3) is 5.91 Å². The Kier molecular flexibility index (Phi) is 6.84. The Hall–Kier alpha value is -3.97. The molecule has 2 aromatic rings. The standard InChI is InChI=1S/C22H18F6N2O6/c1-20(2,18(32)33)35-15-8-3-12(9-16(15)36-22(26,27)28)10-30-17(31)11-29(19(30)34)14-6-4-13(5-7-14)21(23,24)25/h3-9H,10-11H2,1-2H3,(H,32,33). The predicted octanol–water partition coefficient (Wildman–Crippen LogP) is 4.81. The van der Waals surface area contributed by atoms with E-state index in [4.69, 9.17) is 4.74 Å². The molecule has 1 saturated heterocycles. The van der Waals surface area contributed by atoms with Gasteiger partial charge >= 0.3 is 24.5 Å². The second-order valence-corrected chi connectivity index (χ2v) is 8.14. The van der Waals surface area contributed by atoms with E-state index < -0.39 is 66.2 Å². The molecule has 1 fully saturated rings. The van der Waals surface area contributed by atoms with Crippen LogP contribution in [0.25, 0.3) is 0 Å². The second-order valence-electron chi connectivity index (χ2n) is 8.14. The van der Waals surface area contributed by atoms with Gasteiger partial charge in [-0.3, -0.25) is 14.6 Å². The summed E-state index contributed by atoms with van der Waals surface area (Å²) < 4.78 is 86.2. The Balaban J connectivity index is 1.84. The van der Waals surface area contributed by atoms with E-state index in [9.17, 15) is 45.8 Å². The average Bonchev–Trinajstić information content (AvgIpc) is 3.02. The number of carboxylic acid groups (broad SMARTS) is 1. The van der Waals surface area contributed by atoms with Crippen molar-refractivity contribution in [1.29, 1.82) is 0 Å². The van der Waals surface area contributed by atoms with E-state index in [1.54, 1.807) is 0 Å². The van der Waals surface area contributed by atoms with Crippen LogP contribution >= 0.6 is 0 Å². The molecule has 3 rings (SSSR count). The highest BCUT2D eigenvalue weighted by Crippen LogP contribution is 2.36. The van der Waals surface area contributed by atoms with E-state index in [-0.39, 0.29) is 11.3 Å². The minimum absolute atomic E-state index is 0.00528. The molecular weight excluding hydrogens is 502 g/mol. The highest BCUT2D eigenvalue weighted by atomic mass is 19.4. The molecule has 1 aliphatic heterocycles. The van der Waals surface area contributed by atoms with E-state index in [1.807, 2.05) is 0 Å². The number of imide groups is 1. The van der Waals surface area contributed by atoms with Crippen LogP contribution in [0.3, 0.4) is 0 Å². The molecule has 0 unspecified atom stereocenters. The maximum absolute atomic E-state index is 12.9. The van der Waals surface area contributed by atoms with E-state index in [0.717, 1.165) is 55.1 Å². The van der Waals surface area contributed by atoms with Crippen LogP contribution in [0.4, 0.5) is 36.8 Å². The van der Waals surface area contributed by atoms with Crippen molar-refractivity contribution in [1.82, 2.24) is 4.90 Å². The lowest BCUT2D eigenvalue weighted by Gasteiger charge is -2.24. The van der Waals surface area contributed by atoms with Crippen molar-refractivity contribution in [2.75, 3.05) is 11.4 Å². The first-order valence-corrected chi connectivity index (χ1v) is 10.1. The van der Waals surface area contributed by atoms with Crippen LogP contribution < -0.4 is 14.4 Å². The Morgan fingerprint density at radius 3 is 2.08 bits per heavy atom. The fraction of sp³-hybridized carbons (Fsp3) is 0.318. The number of rotatable bonds is 7. The number of benzene rings is 2. The SMILES string of the molecule is CC(C)(Oc1ccc(CN2C(=O)CN(c3ccc(C(F)(F)F)cc3)C2=O)cc1OC(F)(F)F)C(=O)O. The summed E-state index contributed by atoms with van der Waals surface area (Å²) >= 11 is 0. The van der Waals surface area contributed by atoms with Crippen molar-refractivity contribution >= 4 is 23.6 Å². The van der Waals surface area contributed by atoms with Gasteiger partial charge in [0.05, 0.1) is 12.1 Å². The zero-order chi connectivity index (χ0) is 27.1. The summed E-state index contributed by atoms with van der Waals surface area (Å²) in [6.07, 6.45) is -9.76. The normalized spacial score (nSPS) is 14.9. The number of carboxylic acids is 1. The van der Waals surface area contributed by atoms with Gasteiger partial charge in [-0.15, -0.1) is 13.2 Å². The number of hydrogen-bond acceptors (Lipinski definition) is 5. The third kappa shape index (κ3) is 5.98. The van der Waals surface area contributed by atoms with Gasteiger partial charge < -0.3 is 14.6 Å². The molecule has 1 heterocycles. The number of halogens is 6. The summed E-state index contributed by atoms with van der Waals surface area (Å²) in [5, 5.41) is 9.17. The van der Waals surface area contributed by atoms with Gasteiger partial charge in [0.1, 0.15) is 6.54 Å². The molecule has 0 bridgehead atoms. The number of ether oxygens (including phenoxy) is 2. The van der Waals surface area contributed by atoms with Gasteiger partial charge in [0, 0.05) is 5.69 Å². The van der Waals surface area contributed by atoms with Crippen molar-refractivity contribution in [2.24, 2.45) is 0 Å². The predicted molar refractivity (Wildman–Crippen MR) is 110 cm³/mol. The van der Waals surface area contributed by atoms with E-state index in [1.165, 1.54) is 6.07 Å². The monoisotopic (exact) mass is 520 g/mol. The molecule has 0 aromatic heterocycles. The molecule has 0 saturated carbocycles. The van der Waals surface area contributed by atoms with Gasteiger partial charge in [-0.05, 0) is 55.8 Å². The van der Waals surface area contributed by atoms with E-state index in [2.05, 4.69) is 4.74 Å². The molecule has 0 aliphatic carbocycles. The van der Waals surface area contributed by atoms with E-state index >= 15 is 0 Å². The molecule has 1 aliphatic rings. The van der Waals surface area contributed by atoms with E-state index in [0.29, 0.717) is 4.90 Å². The summed E-state index contributed by atoms with van der Waals surface area (Å²) in [6, 6.07) is 5.67. The van der Waals surface area contributed by atoms with Crippen LogP contribution in [-0.4, -0.2) is 46.4 Å². The summed E-state index contributed by atoms with van der Waals surface area (Å²) in [6.45, 7) is 1.23. The smallest absolute Gasteiger partial charge is 0.478 e. The van der Waals surface area contributed by atoms with Gasteiger partial charge in [-0.2, -0.15) is 13.2 Å². The molecule has 8 nitrogen and oxygen atoms in total. The van der Waals surface area contributed by atoms with Gasteiger partial charge in [-0.25, -0.2) is 9.59 Å². The first-order valence-electron chi connectivity index (χ1n) is 10.1. The van der Waals surface area contributed by atoms with Crippen molar-refractivity contribution in [3.63, 3.8) is 0 Å². The molecule has 14 heteroatoms. The number of aliphatic carboxylic acids is 1.